The lowest BCUT2D eigenvalue weighted by Crippen LogP contribution is -2.28. The van der Waals surface area contributed by atoms with E-state index in [2.05, 4.69) is 0 Å². The minimum atomic E-state index is -3.41. The van der Waals surface area contributed by atoms with Crippen LogP contribution in [-0.2, 0) is 9.84 Å². The van der Waals surface area contributed by atoms with E-state index in [0.29, 0.717) is 5.02 Å². The molecule has 0 aliphatic heterocycles. The Morgan fingerprint density at radius 1 is 1.35 bits per heavy atom. The van der Waals surface area contributed by atoms with E-state index >= 15 is 0 Å². The summed E-state index contributed by atoms with van der Waals surface area (Å²) in [7, 11) is -3.41. The molecule has 0 aliphatic carbocycles. The molecule has 17 heavy (non-hydrogen) atoms. The van der Waals surface area contributed by atoms with Crippen LogP contribution in [0.25, 0.3) is 0 Å². The molecule has 1 atom stereocenters. The molecule has 0 unspecified atom stereocenters. The van der Waals surface area contributed by atoms with E-state index in [1.807, 2.05) is 0 Å². The van der Waals surface area contributed by atoms with Crippen molar-refractivity contribution in [2.45, 2.75) is 19.1 Å². The number of Topliss-reactive ketones (excluding diaryl/α,β-unsaturated/α-hetero) is 1. The van der Waals surface area contributed by atoms with Crippen molar-refractivity contribution in [2.24, 2.45) is 0 Å². The molecule has 1 aromatic rings. The molecule has 0 fully saturated rings. The van der Waals surface area contributed by atoms with E-state index in [1.54, 1.807) is 0 Å². The zero-order chi connectivity index (χ0) is 13.2. The van der Waals surface area contributed by atoms with Crippen LogP contribution in [0.2, 0.25) is 10.0 Å². The van der Waals surface area contributed by atoms with Gasteiger partial charge >= 0.3 is 0 Å². The van der Waals surface area contributed by atoms with Crippen molar-refractivity contribution in [1.29, 1.82) is 0 Å². The number of hydrogen-bond donors (Lipinski definition) is 0. The molecule has 0 N–H and O–H groups in total. The molecule has 0 spiro atoms. The maximum absolute atomic E-state index is 12.0. The summed E-state index contributed by atoms with van der Waals surface area (Å²) in [6.45, 7) is 2.87. The third-order valence-corrected chi connectivity index (χ3v) is 5.15. The molecule has 1 aromatic carbocycles. The monoisotopic (exact) mass is 294 g/mol. The highest BCUT2D eigenvalue weighted by Gasteiger charge is 2.28. The van der Waals surface area contributed by atoms with Gasteiger partial charge < -0.3 is 0 Å². The van der Waals surface area contributed by atoms with Crippen molar-refractivity contribution in [3.8, 4) is 0 Å². The summed E-state index contributed by atoms with van der Waals surface area (Å²) in [6.07, 6.45) is 0. The first kappa shape index (κ1) is 14.5. The summed E-state index contributed by atoms with van der Waals surface area (Å²) < 4.78 is 23.2. The highest BCUT2D eigenvalue weighted by atomic mass is 35.5. The van der Waals surface area contributed by atoms with Gasteiger partial charge in [-0.2, -0.15) is 0 Å². The average molecular weight is 295 g/mol. The van der Waals surface area contributed by atoms with E-state index in [4.69, 9.17) is 23.2 Å². The molecule has 0 heterocycles. The SMILES string of the molecule is CCS(=O)(=O)[C@H](C)C(=O)c1ccc(Cl)cc1Cl. The first-order valence-electron chi connectivity index (χ1n) is 5.00. The molecular formula is C11H12Cl2O3S. The number of rotatable bonds is 4. The Labute approximate surface area is 111 Å². The van der Waals surface area contributed by atoms with Crippen LogP contribution >= 0.6 is 23.2 Å². The maximum atomic E-state index is 12.0. The zero-order valence-electron chi connectivity index (χ0n) is 9.41. The summed E-state index contributed by atoms with van der Waals surface area (Å²) >= 11 is 11.6. The van der Waals surface area contributed by atoms with Gasteiger partial charge in [-0.05, 0) is 25.1 Å². The Kier molecular flexibility index (Phi) is 4.58. The number of halogens is 2. The van der Waals surface area contributed by atoms with Gasteiger partial charge in [0.25, 0.3) is 0 Å². The van der Waals surface area contributed by atoms with Gasteiger partial charge in [-0.1, -0.05) is 30.1 Å². The van der Waals surface area contributed by atoms with E-state index in [9.17, 15) is 13.2 Å². The fourth-order valence-electron chi connectivity index (χ4n) is 1.32. The van der Waals surface area contributed by atoms with Crippen LogP contribution in [0.5, 0.6) is 0 Å². The Bertz CT molecular complexity index is 538. The molecule has 3 nitrogen and oxygen atoms in total. The zero-order valence-corrected chi connectivity index (χ0v) is 11.7. The van der Waals surface area contributed by atoms with Crippen LogP contribution in [0.15, 0.2) is 18.2 Å². The fourth-order valence-corrected chi connectivity index (χ4v) is 2.78. The molecule has 0 saturated carbocycles. The third-order valence-electron chi connectivity index (χ3n) is 2.51. The number of sulfone groups is 1. The van der Waals surface area contributed by atoms with E-state index in [-0.39, 0.29) is 16.3 Å². The summed E-state index contributed by atoms with van der Waals surface area (Å²) in [5.41, 5.74) is 0.181. The number of benzene rings is 1. The van der Waals surface area contributed by atoms with E-state index < -0.39 is 20.9 Å². The molecule has 1 rings (SSSR count). The van der Waals surface area contributed by atoms with Crippen molar-refractivity contribution < 1.29 is 13.2 Å². The minimum absolute atomic E-state index is 0.0783. The topological polar surface area (TPSA) is 51.2 Å². The predicted octanol–water partition coefficient (Wildman–Crippen LogP) is 3.00. The van der Waals surface area contributed by atoms with Crippen molar-refractivity contribution in [2.75, 3.05) is 5.75 Å². The first-order valence-corrected chi connectivity index (χ1v) is 7.47. The highest BCUT2D eigenvalue weighted by molar-refractivity contribution is 7.92. The third kappa shape index (κ3) is 3.21. The van der Waals surface area contributed by atoms with Crippen LogP contribution in [0.1, 0.15) is 24.2 Å². The summed E-state index contributed by atoms with van der Waals surface area (Å²) in [6, 6.07) is 4.36. The molecule has 0 aliphatic rings. The Morgan fingerprint density at radius 2 is 1.94 bits per heavy atom. The van der Waals surface area contributed by atoms with Gasteiger partial charge in [0.05, 0.1) is 5.02 Å². The molecule has 0 radical (unpaired) electrons. The van der Waals surface area contributed by atoms with Gasteiger partial charge in [-0.15, -0.1) is 0 Å². The molecule has 94 valence electrons. The lowest BCUT2D eigenvalue weighted by molar-refractivity contribution is 0.0991. The van der Waals surface area contributed by atoms with Gasteiger partial charge in [0.2, 0.25) is 0 Å². The molecular weight excluding hydrogens is 283 g/mol. The standard InChI is InChI=1S/C11H12Cl2O3S/c1-3-17(15,16)7(2)11(14)9-5-4-8(12)6-10(9)13/h4-7H,3H2,1-2H3/t7-/m1/s1. The minimum Gasteiger partial charge on any atom is -0.293 e. The molecule has 0 amide bonds. The highest BCUT2D eigenvalue weighted by Crippen LogP contribution is 2.23. The fraction of sp³-hybridized carbons (Fsp3) is 0.364. The summed E-state index contributed by atoms with van der Waals surface area (Å²) in [5.74, 6) is -0.584. The quantitative estimate of drug-likeness (QED) is 0.802. The lowest BCUT2D eigenvalue weighted by atomic mass is 10.1. The van der Waals surface area contributed by atoms with Gasteiger partial charge in [-0.3, -0.25) is 4.79 Å². The number of ketones is 1. The van der Waals surface area contributed by atoms with Crippen molar-refractivity contribution in [1.82, 2.24) is 0 Å². The van der Waals surface area contributed by atoms with Crippen LogP contribution in [0, 0.1) is 0 Å². The number of carbonyl (C=O) groups excluding carboxylic acids is 1. The van der Waals surface area contributed by atoms with Gasteiger partial charge in [0.1, 0.15) is 5.25 Å². The number of hydrogen-bond acceptors (Lipinski definition) is 3. The lowest BCUT2D eigenvalue weighted by Gasteiger charge is -2.11. The van der Waals surface area contributed by atoms with Gasteiger partial charge in [0.15, 0.2) is 15.6 Å². The van der Waals surface area contributed by atoms with E-state index in [0.717, 1.165) is 0 Å². The van der Waals surface area contributed by atoms with Crippen molar-refractivity contribution >= 4 is 38.8 Å². The summed E-state index contributed by atoms with van der Waals surface area (Å²) in [5, 5.41) is -0.524. The van der Waals surface area contributed by atoms with Gasteiger partial charge in [0, 0.05) is 16.3 Å². The van der Waals surface area contributed by atoms with E-state index in [1.165, 1.54) is 32.0 Å². The molecule has 6 heteroatoms. The van der Waals surface area contributed by atoms with Crippen LogP contribution in [0.4, 0.5) is 0 Å². The molecule has 0 bridgehead atoms. The largest absolute Gasteiger partial charge is 0.293 e. The number of carbonyl (C=O) groups is 1. The van der Waals surface area contributed by atoms with Gasteiger partial charge in [-0.25, -0.2) is 8.42 Å². The van der Waals surface area contributed by atoms with Crippen LogP contribution in [-0.4, -0.2) is 25.2 Å². The maximum Gasteiger partial charge on any atom is 0.182 e. The Balaban J connectivity index is 3.14. The Hall–Kier alpha value is -0.580. The first-order chi connectivity index (χ1) is 7.79. The second kappa shape index (κ2) is 5.38. The molecule has 0 aromatic heterocycles. The van der Waals surface area contributed by atoms with Crippen LogP contribution < -0.4 is 0 Å². The second-order valence-corrected chi connectivity index (χ2v) is 7.04. The molecule has 0 saturated heterocycles. The smallest absolute Gasteiger partial charge is 0.182 e. The average Bonchev–Trinajstić information content (AvgIpc) is 2.27. The Morgan fingerprint density at radius 3 is 2.41 bits per heavy atom. The van der Waals surface area contributed by atoms with Crippen molar-refractivity contribution in [3.63, 3.8) is 0 Å². The second-order valence-electron chi connectivity index (χ2n) is 3.58. The summed E-state index contributed by atoms with van der Waals surface area (Å²) in [4.78, 5) is 12.0. The predicted molar refractivity (Wildman–Crippen MR) is 69.7 cm³/mol. The van der Waals surface area contributed by atoms with Crippen LogP contribution in [0.3, 0.4) is 0 Å². The normalized spacial score (nSPS) is 13.4. The van der Waals surface area contributed by atoms with Crippen molar-refractivity contribution in [3.05, 3.63) is 33.8 Å².